The lowest BCUT2D eigenvalue weighted by Crippen LogP contribution is -2.02. The molecule has 0 radical (unpaired) electrons. The third kappa shape index (κ3) is 2.07. The Morgan fingerprint density at radius 1 is 0.792 bits per heavy atom. The molecule has 3 aromatic carbocycles. The molecule has 1 aliphatic rings. The summed E-state index contributed by atoms with van der Waals surface area (Å²) < 4.78 is 0. The summed E-state index contributed by atoms with van der Waals surface area (Å²) in [6.07, 6.45) is 0.931. The van der Waals surface area contributed by atoms with E-state index >= 15 is 0 Å². The number of hydrogen-bond donors (Lipinski definition) is 1. The second-order valence-electron chi connectivity index (χ2n) is 6.38. The number of hydrogen-bond acceptors (Lipinski definition) is 1. The normalized spacial score (nSPS) is 11.9. The van der Waals surface area contributed by atoms with Crippen LogP contribution in [-0.4, -0.2) is 11.1 Å². The van der Waals surface area contributed by atoms with Gasteiger partial charge in [-0.2, -0.15) is 0 Å². The minimum absolute atomic E-state index is 0.382. The Bertz CT molecular complexity index is 983. The summed E-state index contributed by atoms with van der Waals surface area (Å²) in [6, 6.07) is 18.6. The van der Waals surface area contributed by atoms with E-state index in [4.69, 9.17) is 0 Å². The fourth-order valence-corrected chi connectivity index (χ4v) is 3.75. The van der Waals surface area contributed by atoms with E-state index in [0.717, 1.165) is 23.1 Å². The van der Waals surface area contributed by atoms with Crippen molar-refractivity contribution in [1.82, 2.24) is 0 Å². The van der Waals surface area contributed by atoms with Gasteiger partial charge in [0.25, 0.3) is 0 Å². The van der Waals surface area contributed by atoms with Crippen molar-refractivity contribution in [2.45, 2.75) is 20.3 Å². The van der Waals surface area contributed by atoms with Gasteiger partial charge in [-0.3, -0.25) is 0 Å². The molecule has 118 valence electrons. The molecule has 0 atom stereocenters. The third-order valence-corrected chi connectivity index (χ3v) is 5.16. The molecular weight excluding hydrogens is 296 g/mol. The van der Waals surface area contributed by atoms with E-state index in [-0.39, 0.29) is 0 Å². The van der Waals surface area contributed by atoms with Crippen molar-refractivity contribution in [3.63, 3.8) is 0 Å². The smallest absolute Gasteiger partial charge is 0.335 e. The average molecular weight is 314 g/mol. The highest BCUT2D eigenvalue weighted by Crippen LogP contribution is 2.42. The van der Waals surface area contributed by atoms with Crippen LogP contribution in [0.25, 0.3) is 22.3 Å². The molecule has 0 heterocycles. The summed E-state index contributed by atoms with van der Waals surface area (Å²) in [4.78, 5) is 11.4. The Balaban J connectivity index is 1.92. The summed E-state index contributed by atoms with van der Waals surface area (Å²) in [6.45, 7) is 3.90. The van der Waals surface area contributed by atoms with Crippen molar-refractivity contribution < 1.29 is 9.90 Å². The molecule has 1 aliphatic carbocycles. The number of rotatable bonds is 2. The fraction of sp³-hybridized carbons (Fsp3) is 0.136. The van der Waals surface area contributed by atoms with Crippen LogP contribution in [0.4, 0.5) is 0 Å². The van der Waals surface area contributed by atoms with Gasteiger partial charge in [0.2, 0.25) is 0 Å². The van der Waals surface area contributed by atoms with Gasteiger partial charge in [0.1, 0.15) is 0 Å². The first-order valence-corrected chi connectivity index (χ1v) is 8.12. The van der Waals surface area contributed by atoms with E-state index in [1.807, 2.05) is 19.9 Å². The minimum atomic E-state index is -0.868. The van der Waals surface area contributed by atoms with Gasteiger partial charge in [-0.15, -0.1) is 0 Å². The van der Waals surface area contributed by atoms with Crippen molar-refractivity contribution in [2.75, 3.05) is 0 Å². The number of carboxylic acids is 1. The summed E-state index contributed by atoms with van der Waals surface area (Å²) in [7, 11) is 0. The molecule has 2 heteroatoms. The largest absolute Gasteiger partial charge is 0.478 e. The number of fused-ring (bicyclic) bond motifs is 3. The van der Waals surface area contributed by atoms with Crippen LogP contribution in [0.3, 0.4) is 0 Å². The number of carboxylic acid groups (broad SMARTS) is 1. The van der Waals surface area contributed by atoms with Crippen LogP contribution in [-0.2, 0) is 6.42 Å². The van der Waals surface area contributed by atoms with Gasteiger partial charge in [-0.1, -0.05) is 48.5 Å². The summed E-state index contributed by atoms with van der Waals surface area (Å²) in [5.74, 6) is -0.868. The van der Waals surface area contributed by atoms with Crippen molar-refractivity contribution in [3.05, 3.63) is 82.4 Å². The topological polar surface area (TPSA) is 37.3 Å². The molecule has 0 bridgehead atoms. The van der Waals surface area contributed by atoms with Crippen LogP contribution >= 0.6 is 0 Å². The van der Waals surface area contributed by atoms with E-state index in [0.29, 0.717) is 5.56 Å². The predicted octanol–water partition coefficient (Wildman–Crippen LogP) is 5.24. The molecule has 0 spiro atoms. The van der Waals surface area contributed by atoms with Crippen molar-refractivity contribution in [3.8, 4) is 22.3 Å². The molecule has 3 aromatic rings. The standard InChI is InChI=1S/C22H18O2/c1-13-14(2)17(22(23)24)11-10-16(13)19-8-5-9-20-18-7-4-3-6-15(18)12-21(19)20/h3-11H,12H2,1-2H3,(H,23,24). The second kappa shape index (κ2) is 5.34. The van der Waals surface area contributed by atoms with Gasteiger partial charge in [-0.05, 0) is 70.8 Å². The van der Waals surface area contributed by atoms with Gasteiger partial charge < -0.3 is 5.11 Å². The van der Waals surface area contributed by atoms with Crippen LogP contribution in [0.5, 0.6) is 0 Å². The van der Waals surface area contributed by atoms with Crippen LogP contribution < -0.4 is 0 Å². The zero-order valence-corrected chi connectivity index (χ0v) is 13.8. The Morgan fingerprint density at radius 2 is 1.46 bits per heavy atom. The van der Waals surface area contributed by atoms with Gasteiger partial charge in [0.05, 0.1) is 5.56 Å². The van der Waals surface area contributed by atoms with Crippen LogP contribution in [0, 0.1) is 13.8 Å². The lowest BCUT2D eigenvalue weighted by molar-refractivity contribution is 0.0696. The molecule has 0 fully saturated rings. The highest BCUT2D eigenvalue weighted by atomic mass is 16.4. The van der Waals surface area contributed by atoms with E-state index in [2.05, 4.69) is 42.5 Å². The zero-order valence-electron chi connectivity index (χ0n) is 13.8. The molecular formula is C22H18O2. The first kappa shape index (κ1) is 14.7. The highest BCUT2D eigenvalue weighted by Gasteiger charge is 2.22. The lowest BCUT2D eigenvalue weighted by Gasteiger charge is -2.15. The maximum Gasteiger partial charge on any atom is 0.335 e. The summed E-state index contributed by atoms with van der Waals surface area (Å²) >= 11 is 0. The Kier molecular flexibility index (Phi) is 3.27. The molecule has 0 aliphatic heterocycles. The monoisotopic (exact) mass is 314 g/mol. The molecule has 0 saturated heterocycles. The van der Waals surface area contributed by atoms with E-state index in [1.165, 1.54) is 27.8 Å². The van der Waals surface area contributed by atoms with Gasteiger partial charge in [-0.25, -0.2) is 4.79 Å². The summed E-state index contributed by atoms with van der Waals surface area (Å²) in [5.41, 5.74) is 9.90. The van der Waals surface area contributed by atoms with Gasteiger partial charge >= 0.3 is 5.97 Å². The van der Waals surface area contributed by atoms with Crippen LogP contribution in [0.2, 0.25) is 0 Å². The number of benzene rings is 3. The highest BCUT2D eigenvalue weighted by molar-refractivity contribution is 5.92. The van der Waals surface area contributed by atoms with E-state index in [9.17, 15) is 9.90 Å². The number of aromatic carboxylic acids is 1. The summed E-state index contributed by atoms with van der Waals surface area (Å²) in [5, 5.41) is 9.32. The Hall–Kier alpha value is -2.87. The molecule has 0 aromatic heterocycles. The second-order valence-corrected chi connectivity index (χ2v) is 6.38. The quantitative estimate of drug-likeness (QED) is 0.549. The average Bonchev–Trinajstić information content (AvgIpc) is 2.96. The van der Waals surface area contributed by atoms with E-state index in [1.54, 1.807) is 6.07 Å². The molecule has 0 amide bonds. The number of carbonyl (C=O) groups is 1. The SMILES string of the molecule is Cc1c(C(=O)O)ccc(-c2cccc3c2Cc2ccccc2-3)c1C. The maximum atomic E-state index is 11.4. The van der Waals surface area contributed by atoms with Gasteiger partial charge in [0, 0.05) is 0 Å². The Labute approximate surface area is 141 Å². The molecule has 2 nitrogen and oxygen atoms in total. The van der Waals surface area contributed by atoms with Crippen LogP contribution in [0.1, 0.15) is 32.6 Å². The van der Waals surface area contributed by atoms with Crippen molar-refractivity contribution >= 4 is 5.97 Å². The molecule has 0 unspecified atom stereocenters. The van der Waals surface area contributed by atoms with Crippen LogP contribution in [0.15, 0.2) is 54.6 Å². The Morgan fingerprint density at radius 3 is 2.21 bits per heavy atom. The maximum absolute atomic E-state index is 11.4. The molecule has 0 saturated carbocycles. The minimum Gasteiger partial charge on any atom is -0.478 e. The molecule has 4 rings (SSSR count). The van der Waals surface area contributed by atoms with Crippen molar-refractivity contribution in [2.24, 2.45) is 0 Å². The first-order valence-electron chi connectivity index (χ1n) is 8.12. The van der Waals surface area contributed by atoms with Gasteiger partial charge in [0.15, 0.2) is 0 Å². The van der Waals surface area contributed by atoms with Crippen molar-refractivity contribution in [1.29, 1.82) is 0 Å². The fourth-order valence-electron chi connectivity index (χ4n) is 3.75. The molecule has 1 N–H and O–H groups in total. The first-order chi connectivity index (χ1) is 11.6. The van der Waals surface area contributed by atoms with E-state index < -0.39 is 5.97 Å². The lowest BCUT2D eigenvalue weighted by atomic mass is 9.89. The zero-order chi connectivity index (χ0) is 16.8. The third-order valence-electron chi connectivity index (χ3n) is 5.16. The molecule has 24 heavy (non-hydrogen) atoms. The predicted molar refractivity (Wildman–Crippen MR) is 96.6 cm³/mol.